The zero-order valence-corrected chi connectivity index (χ0v) is 10.7. The summed E-state index contributed by atoms with van der Waals surface area (Å²) in [6.07, 6.45) is 5.17. The molecule has 5 N–H and O–H groups in total. The van der Waals surface area contributed by atoms with Crippen molar-refractivity contribution in [2.24, 2.45) is 0 Å². The summed E-state index contributed by atoms with van der Waals surface area (Å²) in [6, 6.07) is 13.8. The number of aromatic amines is 1. The van der Waals surface area contributed by atoms with Crippen molar-refractivity contribution in [3.05, 3.63) is 60.6 Å². The third-order valence-electron chi connectivity index (χ3n) is 2.58. The Hall–Kier alpha value is -3.20. The molecule has 6 nitrogen and oxygen atoms in total. The van der Waals surface area contributed by atoms with E-state index in [1.165, 1.54) is 6.20 Å². The summed E-state index contributed by atoms with van der Waals surface area (Å²) in [7, 11) is 0. The molecule has 0 saturated heterocycles. The van der Waals surface area contributed by atoms with Gasteiger partial charge in [0.1, 0.15) is 11.9 Å². The van der Waals surface area contributed by atoms with Crippen LogP contribution in [0.3, 0.4) is 0 Å². The molecule has 0 unspecified atom stereocenters. The second-order valence-electron chi connectivity index (χ2n) is 3.99. The van der Waals surface area contributed by atoms with E-state index < -0.39 is 0 Å². The van der Waals surface area contributed by atoms with Crippen LogP contribution in [0.4, 0.5) is 11.5 Å². The van der Waals surface area contributed by atoms with Gasteiger partial charge in [-0.2, -0.15) is 10.4 Å². The lowest BCUT2D eigenvalue weighted by molar-refractivity contribution is 1.08. The van der Waals surface area contributed by atoms with Crippen LogP contribution in [0.15, 0.2) is 55.0 Å². The van der Waals surface area contributed by atoms with E-state index in [0.29, 0.717) is 17.1 Å². The molecule has 0 aliphatic carbocycles. The average molecular weight is 266 g/mol. The van der Waals surface area contributed by atoms with Crippen LogP contribution in [-0.4, -0.2) is 14.8 Å². The maximum atomic E-state index is 8.63. The number of nitrogen functional groups attached to an aromatic ring is 2. The summed E-state index contributed by atoms with van der Waals surface area (Å²) in [5.41, 5.74) is 12.7. The Morgan fingerprint density at radius 1 is 1.15 bits per heavy atom. The summed E-state index contributed by atoms with van der Waals surface area (Å²) in [5, 5.41) is 14.7. The Morgan fingerprint density at radius 2 is 1.90 bits per heavy atom. The molecule has 0 spiro atoms. The second kappa shape index (κ2) is 6.11. The van der Waals surface area contributed by atoms with Crippen LogP contribution < -0.4 is 11.5 Å². The van der Waals surface area contributed by atoms with Gasteiger partial charge in [0.2, 0.25) is 0 Å². The minimum absolute atomic E-state index is 0.431. The zero-order valence-electron chi connectivity index (χ0n) is 10.7. The van der Waals surface area contributed by atoms with Gasteiger partial charge in [-0.25, -0.2) is 0 Å². The standard InChI is InChI=1S/C11H8N2.C3H6N4/c12-8-10-6-7-13(9-10)11-4-2-1-3-5-11;4-2-1-6-7-3(2)5/h1-7,9H;1H,4H2,(H3,5,6,7). The number of benzene rings is 1. The third-order valence-corrected chi connectivity index (χ3v) is 2.58. The molecule has 2 aromatic heterocycles. The minimum atomic E-state index is 0.431. The lowest BCUT2D eigenvalue weighted by atomic mass is 10.3. The molecule has 6 heteroatoms. The van der Waals surface area contributed by atoms with E-state index in [1.54, 1.807) is 6.07 Å². The van der Waals surface area contributed by atoms with Crippen molar-refractivity contribution in [2.75, 3.05) is 11.5 Å². The van der Waals surface area contributed by atoms with E-state index in [2.05, 4.69) is 16.3 Å². The predicted octanol–water partition coefficient (Wildman–Crippen LogP) is 1.92. The van der Waals surface area contributed by atoms with E-state index in [4.69, 9.17) is 16.7 Å². The molecule has 0 aliphatic rings. The lowest BCUT2D eigenvalue weighted by Gasteiger charge is -1.99. The molecule has 0 bridgehead atoms. The number of rotatable bonds is 1. The molecule has 100 valence electrons. The molecule has 0 radical (unpaired) electrons. The van der Waals surface area contributed by atoms with Crippen LogP contribution in [0.1, 0.15) is 5.56 Å². The molecule has 3 aromatic rings. The first-order valence-electron chi connectivity index (χ1n) is 5.88. The van der Waals surface area contributed by atoms with Crippen molar-refractivity contribution < 1.29 is 0 Å². The van der Waals surface area contributed by atoms with E-state index >= 15 is 0 Å². The van der Waals surface area contributed by atoms with Gasteiger partial charge in [0.25, 0.3) is 0 Å². The third kappa shape index (κ3) is 3.17. The maximum absolute atomic E-state index is 8.63. The van der Waals surface area contributed by atoms with E-state index in [9.17, 15) is 0 Å². The Bertz CT molecular complexity index is 688. The SMILES string of the molecule is N#Cc1ccn(-c2ccccc2)c1.Nc1cn[nH]c1N. The smallest absolute Gasteiger partial charge is 0.142 e. The number of nitrogens with zero attached hydrogens (tertiary/aromatic N) is 3. The molecule has 0 fully saturated rings. The number of hydrogen-bond acceptors (Lipinski definition) is 4. The number of anilines is 2. The molecule has 0 atom stereocenters. The van der Waals surface area contributed by atoms with Crippen LogP contribution in [0, 0.1) is 11.3 Å². The Balaban J connectivity index is 0.000000178. The van der Waals surface area contributed by atoms with Crippen LogP contribution in [0.25, 0.3) is 5.69 Å². The van der Waals surface area contributed by atoms with Gasteiger partial charge < -0.3 is 16.0 Å². The zero-order chi connectivity index (χ0) is 14.4. The van der Waals surface area contributed by atoms with Crippen molar-refractivity contribution in [1.82, 2.24) is 14.8 Å². The van der Waals surface area contributed by atoms with Crippen molar-refractivity contribution in [3.8, 4) is 11.8 Å². The van der Waals surface area contributed by atoms with Gasteiger partial charge in [0.15, 0.2) is 0 Å². The topological polar surface area (TPSA) is 109 Å². The van der Waals surface area contributed by atoms with Gasteiger partial charge in [-0.15, -0.1) is 0 Å². The van der Waals surface area contributed by atoms with Gasteiger partial charge in [0.05, 0.1) is 17.4 Å². The first-order chi connectivity index (χ1) is 9.70. The largest absolute Gasteiger partial charge is 0.394 e. The molecule has 0 saturated carbocycles. The van der Waals surface area contributed by atoms with Gasteiger partial charge in [-0.3, -0.25) is 5.10 Å². The second-order valence-corrected chi connectivity index (χ2v) is 3.99. The molecule has 0 amide bonds. The molecule has 3 rings (SSSR count). The summed E-state index contributed by atoms with van der Waals surface area (Å²) in [4.78, 5) is 0. The summed E-state index contributed by atoms with van der Waals surface area (Å²) < 4.78 is 1.93. The fourth-order valence-corrected chi connectivity index (χ4v) is 1.53. The average Bonchev–Trinajstić information content (AvgIpc) is 3.10. The fraction of sp³-hybridized carbons (Fsp3) is 0. The van der Waals surface area contributed by atoms with Crippen LogP contribution in [0.5, 0.6) is 0 Å². The molecular weight excluding hydrogens is 252 g/mol. The number of nitriles is 1. The molecule has 0 aliphatic heterocycles. The van der Waals surface area contributed by atoms with Crippen LogP contribution >= 0.6 is 0 Å². The number of nitrogens with two attached hydrogens (primary N) is 2. The van der Waals surface area contributed by atoms with Gasteiger partial charge in [-0.05, 0) is 18.2 Å². The van der Waals surface area contributed by atoms with E-state index in [1.807, 2.05) is 47.3 Å². The van der Waals surface area contributed by atoms with Gasteiger partial charge in [-0.1, -0.05) is 18.2 Å². The molecule has 1 aromatic carbocycles. The van der Waals surface area contributed by atoms with Crippen LogP contribution in [0.2, 0.25) is 0 Å². The number of nitrogens with one attached hydrogen (secondary N) is 1. The van der Waals surface area contributed by atoms with E-state index in [0.717, 1.165) is 5.69 Å². The highest BCUT2D eigenvalue weighted by molar-refractivity contribution is 5.55. The number of hydrogen-bond donors (Lipinski definition) is 3. The number of para-hydroxylation sites is 1. The maximum Gasteiger partial charge on any atom is 0.142 e. The summed E-state index contributed by atoms with van der Waals surface area (Å²) in [5.74, 6) is 0.431. The highest BCUT2D eigenvalue weighted by atomic mass is 15.2. The lowest BCUT2D eigenvalue weighted by Crippen LogP contribution is -1.89. The van der Waals surface area contributed by atoms with E-state index in [-0.39, 0.29) is 0 Å². The first kappa shape index (κ1) is 13.2. The Labute approximate surface area is 116 Å². The normalized spacial score (nSPS) is 9.35. The Morgan fingerprint density at radius 3 is 2.35 bits per heavy atom. The van der Waals surface area contributed by atoms with Crippen molar-refractivity contribution in [1.29, 1.82) is 5.26 Å². The summed E-state index contributed by atoms with van der Waals surface area (Å²) in [6.45, 7) is 0. The number of aromatic nitrogens is 3. The van der Waals surface area contributed by atoms with Crippen molar-refractivity contribution in [3.63, 3.8) is 0 Å². The monoisotopic (exact) mass is 266 g/mol. The first-order valence-corrected chi connectivity index (χ1v) is 5.88. The van der Waals surface area contributed by atoms with Crippen molar-refractivity contribution in [2.45, 2.75) is 0 Å². The molecule has 2 heterocycles. The van der Waals surface area contributed by atoms with Gasteiger partial charge in [0, 0.05) is 18.1 Å². The van der Waals surface area contributed by atoms with Gasteiger partial charge >= 0.3 is 0 Å². The number of H-pyrrole nitrogens is 1. The molecule has 20 heavy (non-hydrogen) atoms. The highest BCUT2D eigenvalue weighted by Crippen LogP contribution is 2.09. The van der Waals surface area contributed by atoms with Crippen LogP contribution in [-0.2, 0) is 0 Å². The highest BCUT2D eigenvalue weighted by Gasteiger charge is 1.96. The van der Waals surface area contributed by atoms with Crippen molar-refractivity contribution >= 4 is 11.5 Å². The predicted molar refractivity (Wildman–Crippen MR) is 77.9 cm³/mol. The Kier molecular flexibility index (Phi) is 4.04. The quantitative estimate of drug-likeness (QED) is 0.625. The fourth-order valence-electron chi connectivity index (χ4n) is 1.53. The summed E-state index contributed by atoms with van der Waals surface area (Å²) >= 11 is 0. The molecular formula is C14H14N6. The minimum Gasteiger partial charge on any atom is -0.394 e.